The number of hydrogen-bond acceptors (Lipinski definition) is 6. The summed E-state index contributed by atoms with van der Waals surface area (Å²) in [5, 5.41) is 32.0. The summed E-state index contributed by atoms with van der Waals surface area (Å²) < 4.78 is 5.09. The van der Waals surface area contributed by atoms with E-state index in [2.05, 4.69) is 10.1 Å². The van der Waals surface area contributed by atoms with Crippen LogP contribution in [0.5, 0.6) is 17.2 Å². The summed E-state index contributed by atoms with van der Waals surface area (Å²) in [7, 11) is 0. The van der Waals surface area contributed by atoms with E-state index in [0.29, 0.717) is 17.0 Å². The first kappa shape index (κ1) is 12.0. The summed E-state index contributed by atoms with van der Waals surface area (Å²) in [5.41, 5.74) is 1.01. The van der Waals surface area contributed by atoms with Gasteiger partial charge in [-0.2, -0.15) is 4.98 Å². The fraction of sp³-hybridized carbons (Fsp3) is 0. The summed E-state index contributed by atoms with van der Waals surface area (Å²) in [6.07, 6.45) is 0. The average molecular weight is 270 g/mol. The predicted octanol–water partition coefficient (Wildman–Crippen LogP) is 2.52. The first-order chi connectivity index (χ1) is 9.63. The molecule has 3 rings (SSSR count). The monoisotopic (exact) mass is 270 g/mol. The van der Waals surface area contributed by atoms with E-state index in [1.54, 1.807) is 12.1 Å². The van der Waals surface area contributed by atoms with Crippen LogP contribution in [0.1, 0.15) is 0 Å². The van der Waals surface area contributed by atoms with E-state index in [0.717, 1.165) is 0 Å². The maximum Gasteiger partial charge on any atom is 0.262 e. The molecule has 0 aliphatic heterocycles. The molecule has 100 valence electrons. The summed E-state index contributed by atoms with van der Waals surface area (Å²) in [6.45, 7) is 0. The molecular formula is C14H10N2O4. The van der Waals surface area contributed by atoms with Gasteiger partial charge in [0, 0.05) is 11.6 Å². The van der Waals surface area contributed by atoms with Gasteiger partial charge >= 0.3 is 0 Å². The highest BCUT2D eigenvalue weighted by Gasteiger charge is 2.14. The van der Waals surface area contributed by atoms with Crippen molar-refractivity contribution in [3.63, 3.8) is 0 Å². The van der Waals surface area contributed by atoms with Crippen molar-refractivity contribution >= 4 is 0 Å². The van der Waals surface area contributed by atoms with Crippen molar-refractivity contribution < 1.29 is 19.8 Å². The highest BCUT2D eigenvalue weighted by Crippen LogP contribution is 2.32. The van der Waals surface area contributed by atoms with Gasteiger partial charge in [0.1, 0.15) is 17.2 Å². The van der Waals surface area contributed by atoms with Gasteiger partial charge in [0.2, 0.25) is 5.82 Å². The molecule has 0 unspecified atom stereocenters. The molecular weight excluding hydrogens is 260 g/mol. The molecule has 0 fully saturated rings. The number of rotatable bonds is 2. The summed E-state index contributed by atoms with van der Waals surface area (Å²) >= 11 is 0. The molecule has 0 bridgehead atoms. The van der Waals surface area contributed by atoms with E-state index in [9.17, 15) is 15.3 Å². The van der Waals surface area contributed by atoms with E-state index >= 15 is 0 Å². The third kappa shape index (κ3) is 2.14. The first-order valence-corrected chi connectivity index (χ1v) is 5.79. The predicted molar refractivity (Wildman–Crippen MR) is 70.2 cm³/mol. The molecule has 0 atom stereocenters. The standard InChI is InChI=1S/C14H10N2O4/c17-9-3-1-8(2-4-9)13-15-14(20-16-13)11-6-5-10(18)7-12(11)19/h1-7,17-19H. The number of aromatic hydroxyl groups is 3. The highest BCUT2D eigenvalue weighted by molar-refractivity contribution is 5.66. The largest absolute Gasteiger partial charge is 0.508 e. The van der Waals surface area contributed by atoms with Gasteiger partial charge in [0.05, 0.1) is 5.56 Å². The van der Waals surface area contributed by atoms with Gasteiger partial charge in [0.15, 0.2) is 0 Å². The van der Waals surface area contributed by atoms with Crippen LogP contribution in [-0.2, 0) is 0 Å². The Morgan fingerprint density at radius 1 is 0.850 bits per heavy atom. The van der Waals surface area contributed by atoms with Gasteiger partial charge in [0.25, 0.3) is 5.89 Å². The molecule has 0 aliphatic rings. The summed E-state index contributed by atoms with van der Waals surface area (Å²) in [4.78, 5) is 4.17. The van der Waals surface area contributed by atoms with Crippen molar-refractivity contribution in [3.8, 4) is 40.1 Å². The molecule has 0 aliphatic carbocycles. The molecule has 6 nitrogen and oxygen atoms in total. The van der Waals surface area contributed by atoms with Crippen LogP contribution >= 0.6 is 0 Å². The fourth-order valence-electron chi connectivity index (χ4n) is 1.76. The van der Waals surface area contributed by atoms with Crippen molar-refractivity contribution in [2.45, 2.75) is 0 Å². The zero-order chi connectivity index (χ0) is 14.1. The molecule has 0 spiro atoms. The molecule has 3 N–H and O–H groups in total. The molecule has 3 aromatic rings. The van der Waals surface area contributed by atoms with Gasteiger partial charge in [-0.15, -0.1) is 0 Å². The lowest BCUT2D eigenvalue weighted by Crippen LogP contribution is -1.81. The van der Waals surface area contributed by atoms with Crippen LogP contribution in [0.2, 0.25) is 0 Å². The minimum atomic E-state index is -0.147. The molecule has 0 saturated carbocycles. The van der Waals surface area contributed by atoms with E-state index < -0.39 is 0 Å². The Hall–Kier alpha value is -3.02. The highest BCUT2D eigenvalue weighted by atomic mass is 16.5. The van der Waals surface area contributed by atoms with Crippen molar-refractivity contribution in [1.29, 1.82) is 0 Å². The van der Waals surface area contributed by atoms with Crippen LogP contribution in [0.3, 0.4) is 0 Å². The van der Waals surface area contributed by atoms with E-state index in [-0.39, 0.29) is 23.1 Å². The number of phenols is 3. The zero-order valence-corrected chi connectivity index (χ0v) is 10.2. The second kappa shape index (κ2) is 4.58. The number of phenolic OH excluding ortho intramolecular Hbond substituents is 3. The van der Waals surface area contributed by atoms with Crippen LogP contribution in [0.15, 0.2) is 47.0 Å². The summed E-state index contributed by atoms with van der Waals surface area (Å²) in [5.74, 6) is 0.433. The minimum Gasteiger partial charge on any atom is -0.508 e. The van der Waals surface area contributed by atoms with E-state index in [1.165, 1.54) is 30.3 Å². The number of nitrogens with zero attached hydrogens (tertiary/aromatic N) is 2. The molecule has 6 heteroatoms. The smallest absolute Gasteiger partial charge is 0.262 e. The van der Waals surface area contributed by atoms with E-state index in [1.807, 2.05) is 0 Å². The normalized spacial score (nSPS) is 10.6. The maximum atomic E-state index is 9.74. The Balaban J connectivity index is 1.99. The second-order valence-corrected chi connectivity index (χ2v) is 4.17. The van der Waals surface area contributed by atoms with E-state index in [4.69, 9.17) is 4.52 Å². The fourth-order valence-corrected chi connectivity index (χ4v) is 1.76. The van der Waals surface area contributed by atoms with Crippen LogP contribution < -0.4 is 0 Å². The topological polar surface area (TPSA) is 99.6 Å². The Kier molecular flexibility index (Phi) is 2.76. The van der Waals surface area contributed by atoms with Crippen LogP contribution in [-0.4, -0.2) is 25.5 Å². The van der Waals surface area contributed by atoms with Crippen LogP contribution in [0.25, 0.3) is 22.8 Å². The van der Waals surface area contributed by atoms with Crippen LogP contribution in [0, 0.1) is 0 Å². The molecule has 0 amide bonds. The zero-order valence-electron chi connectivity index (χ0n) is 10.2. The van der Waals surface area contributed by atoms with Gasteiger partial charge in [-0.1, -0.05) is 5.16 Å². The number of benzene rings is 2. The maximum absolute atomic E-state index is 9.74. The molecule has 2 aromatic carbocycles. The average Bonchev–Trinajstić information content (AvgIpc) is 2.89. The lowest BCUT2D eigenvalue weighted by molar-refractivity contribution is 0.423. The Morgan fingerprint density at radius 3 is 2.25 bits per heavy atom. The van der Waals surface area contributed by atoms with Crippen molar-refractivity contribution in [3.05, 3.63) is 42.5 Å². The van der Waals surface area contributed by atoms with Crippen molar-refractivity contribution in [2.75, 3.05) is 0 Å². The summed E-state index contributed by atoms with van der Waals surface area (Å²) in [6, 6.07) is 10.4. The van der Waals surface area contributed by atoms with Gasteiger partial charge in [-0.25, -0.2) is 0 Å². The molecule has 0 radical (unpaired) electrons. The lowest BCUT2D eigenvalue weighted by Gasteiger charge is -1.99. The third-order valence-electron chi connectivity index (χ3n) is 2.76. The SMILES string of the molecule is Oc1ccc(-c2noc(-c3ccc(O)cc3O)n2)cc1. The van der Waals surface area contributed by atoms with Crippen LogP contribution in [0.4, 0.5) is 0 Å². The Morgan fingerprint density at radius 2 is 1.55 bits per heavy atom. The first-order valence-electron chi connectivity index (χ1n) is 5.79. The number of hydrogen-bond donors (Lipinski definition) is 3. The molecule has 1 aromatic heterocycles. The molecule has 0 saturated heterocycles. The second-order valence-electron chi connectivity index (χ2n) is 4.17. The Labute approximate surface area is 113 Å². The van der Waals surface area contributed by atoms with Crippen molar-refractivity contribution in [2.24, 2.45) is 0 Å². The molecule has 20 heavy (non-hydrogen) atoms. The number of aromatic nitrogens is 2. The van der Waals surface area contributed by atoms with Gasteiger partial charge < -0.3 is 19.8 Å². The minimum absolute atomic E-state index is 0.0514. The van der Waals surface area contributed by atoms with Gasteiger partial charge in [-0.3, -0.25) is 0 Å². The Bertz CT molecular complexity index is 750. The quantitative estimate of drug-likeness (QED) is 0.661. The van der Waals surface area contributed by atoms with Crippen molar-refractivity contribution in [1.82, 2.24) is 10.1 Å². The lowest BCUT2D eigenvalue weighted by atomic mass is 10.2. The van der Waals surface area contributed by atoms with Gasteiger partial charge in [-0.05, 0) is 36.4 Å². The molecule has 1 heterocycles. The third-order valence-corrected chi connectivity index (χ3v) is 2.76.